The van der Waals surface area contributed by atoms with E-state index in [0.717, 1.165) is 68.5 Å². The lowest BCUT2D eigenvalue weighted by Crippen LogP contribution is -2.49. The minimum atomic E-state index is -3.85. The molecule has 0 radical (unpaired) electrons. The van der Waals surface area contributed by atoms with Crippen LogP contribution in [0.2, 0.25) is 5.02 Å². The summed E-state index contributed by atoms with van der Waals surface area (Å²) in [4.78, 5) is 29.8. The van der Waals surface area contributed by atoms with Crippen LogP contribution >= 0.6 is 11.6 Å². The SMILES string of the molecule is CC[C@@H]1CCCCC(C=O)[C@@H]2CC[C@H]2CN2C[C@@]3(CCCc4cc(Cl)ccc43)COc3ccc(cc32)C(=O)NS1(=O)=O.CN(C)C(CO)CO. The number of aldehydes is 1. The monoisotopic (exact) mass is 731 g/mol. The van der Waals surface area contributed by atoms with Crippen LogP contribution < -0.4 is 14.4 Å². The number of amides is 1. The van der Waals surface area contributed by atoms with E-state index < -0.39 is 21.2 Å². The number of aliphatic hydroxyl groups is 2. The standard InChI is InChI=1S/C33H41ClN2O5S.C5H13NO2/c1-2-27-8-4-3-6-25(19-37)28-12-9-24(28)18-36-20-33(15-5-7-22-16-26(34)11-13-29(22)33)21-41-31-14-10-23(17-30(31)36)32(38)35-42(27,39)40;1-6(2)5(3-7)4-8/h10-11,13-14,16-17,19,24-25,27-28H,2-9,12,15,18,20-21H2,1H3,(H,35,38);5,7-8H,3-4H2,1-2H3/t24-,25?,27+,28+,33-;/m0./s1. The Morgan fingerprint density at radius 1 is 1.08 bits per heavy atom. The maximum atomic E-state index is 13.4. The summed E-state index contributed by atoms with van der Waals surface area (Å²) in [5.41, 5.74) is 3.39. The lowest BCUT2D eigenvalue weighted by atomic mass is 9.65. The number of fused-ring (bicyclic) bond motifs is 4. The Labute approximate surface area is 302 Å². The molecule has 1 fully saturated rings. The Balaban J connectivity index is 0.000000544. The van der Waals surface area contributed by atoms with Gasteiger partial charge in [0.1, 0.15) is 12.0 Å². The van der Waals surface area contributed by atoms with Crippen LogP contribution in [0.15, 0.2) is 36.4 Å². The van der Waals surface area contributed by atoms with Crippen LogP contribution in [0, 0.1) is 17.8 Å². The first-order valence-corrected chi connectivity index (χ1v) is 20.1. The fraction of sp³-hybridized carbons (Fsp3) is 0.632. The van der Waals surface area contributed by atoms with Crippen LogP contribution in [-0.2, 0) is 26.7 Å². The van der Waals surface area contributed by atoms with Gasteiger partial charge in [0.05, 0.1) is 36.8 Å². The molecular weight excluding hydrogens is 678 g/mol. The van der Waals surface area contributed by atoms with Crippen molar-refractivity contribution in [2.45, 2.75) is 87.8 Å². The van der Waals surface area contributed by atoms with Crippen molar-refractivity contribution in [2.24, 2.45) is 17.8 Å². The Hall–Kier alpha value is -2.70. The van der Waals surface area contributed by atoms with E-state index in [9.17, 15) is 18.0 Å². The normalized spacial score (nSPS) is 27.8. The third kappa shape index (κ3) is 8.49. The predicted octanol–water partition coefficient (Wildman–Crippen LogP) is 4.97. The van der Waals surface area contributed by atoms with Gasteiger partial charge >= 0.3 is 0 Å². The topological polar surface area (TPSA) is 136 Å². The quantitative estimate of drug-likeness (QED) is 0.365. The lowest BCUT2D eigenvalue weighted by molar-refractivity contribution is -0.115. The number of carbonyl (C=O) groups excluding carboxylic acids is 2. The summed E-state index contributed by atoms with van der Waals surface area (Å²) in [5, 5.41) is 17.1. The molecular formula is C38H54ClN3O7S. The molecule has 6 rings (SSSR count). The summed E-state index contributed by atoms with van der Waals surface area (Å²) < 4.78 is 35.3. The van der Waals surface area contributed by atoms with Gasteiger partial charge in [0.25, 0.3) is 5.91 Å². The van der Waals surface area contributed by atoms with Gasteiger partial charge in [0.2, 0.25) is 10.0 Å². The van der Waals surface area contributed by atoms with Crippen molar-refractivity contribution in [3.63, 3.8) is 0 Å². The van der Waals surface area contributed by atoms with Crippen molar-refractivity contribution in [1.29, 1.82) is 0 Å². The second-order valence-corrected chi connectivity index (χ2v) is 17.3. The molecule has 12 heteroatoms. The van der Waals surface area contributed by atoms with Crippen LogP contribution in [0.1, 0.15) is 86.2 Å². The van der Waals surface area contributed by atoms with Gasteiger partial charge < -0.3 is 29.5 Å². The number of hydrogen-bond acceptors (Lipinski definition) is 9. The minimum Gasteiger partial charge on any atom is -0.490 e. The first kappa shape index (κ1) is 38.5. The zero-order valence-corrected chi connectivity index (χ0v) is 31.2. The molecule has 1 spiro atoms. The molecule has 2 heterocycles. The number of nitrogens with zero attached hydrogens (tertiary/aromatic N) is 2. The highest BCUT2D eigenvalue weighted by molar-refractivity contribution is 7.90. The maximum Gasteiger partial charge on any atom is 0.264 e. The van der Waals surface area contributed by atoms with Crippen LogP contribution in [0.5, 0.6) is 5.75 Å². The smallest absolute Gasteiger partial charge is 0.264 e. The van der Waals surface area contributed by atoms with Crippen LogP contribution in [0.4, 0.5) is 5.69 Å². The Kier molecular flexibility index (Phi) is 12.9. The summed E-state index contributed by atoms with van der Waals surface area (Å²) in [7, 11) is -0.219. The molecule has 5 atom stereocenters. The number of nitrogens with one attached hydrogen (secondary N) is 1. The zero-order valence-electron chi connectivity index (χ0n) is 29.7. The molecule has 2 aliphatic heterocycles. The first-order chi connectivity index (χ1) is 23.9. The number of carbonyl (C=O) groups is 2. The van der Waals surface area contributed by atoms with Crippen molar-refractivity contribution >= 4 is 39.5 Å². The molecule has 1 amide bonds. The molecule has 1 unspecified atom stereocenters. The number of halogens is 1. The van der Waals surface area contributed by atoms with E-state index in [-0.39, 0.29) is 30.6 Å². The molecule has 2 bridgehead atoms. The number of rotatable bonds is 5. The summed E-state index contributed by atoms with van der Waals surface area (Å²) in [6, 6.07) is 11.3. The van der Waals surface area contributed by atoms with E-state index in [4.69, 9.17) is 26.6 Å². The summed E-state index contributed by atoms with van der Waals surface area (Å²) in [6.07, 6.45) is 9.40. The molecule has 2 aliphatic carbocycles. The predicted molar refractivity (Wildman–Crippen MR) is 197 cm³/mol. The van der Waals surface area contributed by atoms with E-state index in [1.54, 1.807) is 23.1 Å². The molecule has 10 nitrogen and oxygen atoms in total. The highest BCUT2D eigenvalue weighted by atomic mass is 35.5. The summed E-state index contributed by atoms with van der Waals surface area (Å²) in [6.45, 7) is 3.86. The molecule has 50 heavy (non-hydrogen) atoms. The zero-order chi connectivity index (χ0) is 36.1. The molecule has 1 saturated carbocycles. The number of aryl methyl sites for hydroxylation is 1. The first-order valence-electron chi connectivity index (χ1n) is 18.1. The molecule has 0 aromatic heterocycles. The maximum absolute atomic E-state index is 13.4. The van der Waals surface area contributed by atoms with E-state index in [0.29, 0.717) is 55.6 Å². The van der Waals surface area contributed by atoms with Crippen molar-refractivity contribution in [3.8, 4) is 5.75 Å². The average molecular weight is 732 g/mol. The van der Waals surface area contributed by atoms with Crippen molar-refractivity contribution < 1.29 is 33.0 Å². The van der Waals surface area contributed by atoms with Gasteiger partial charge in [-0.15, -0.1) is 0 Å². The third-order valence-corrected chi connectivity index (χ3v) is 13.7. The molecule has 2 aromatic carbocycles. The van der Waals surface area contributed by atoms with Crippen molar-refractivity contribution in [1.82, 2.24) is 9.62 Å². The Morgan fingerprint density at radius 2 is 1.84 bits per heavy atom. The Bertz CT molecular complexity index is 1600. The summed E-state index contributed by atoms with van der Waals surface area (Å²) >= 11 is 6.39. The molecule has 0 saturated heterocycles. The fourth-order valence-electron chi connectivity index (χ4n) is 8.29. The van der Waals surface area contributed by atoms with E-state index >= 15 is 0 Å². The third-order valence-electron chi connectivity index (χ3n) is 11.5. The van der Waals surface area contributed by atoms with E-state index in [1.807, 2.05) is 27.1 Å². The highest BCUT2D eigenvalue weighted by Gasteiger charge is 2.44. The van der Waals surface area contributed by atoms with E-state index in [1.165, 1.54) is 11.1 Å². The molecule has 3 N–H and O–H groups in total. The van der Waals surface area contributed by atoms with Gasteiger partial charge in [-0.3, -0.25) is 4.79 Å². The number of aliphatic hydroxyl groups excluding tert-OH is 2. The number of likely N-dealkylation sites (N-methyl/N-ethyl adjacent to an activating group) is 1. The molecule has 4 aliphatic rings. The number of hydrogen-bond donors (Lipinski definition) is 3. The van der Waals surface area contributed by atoms with Crippen LogP contribution in [0.3, 0.4) is 0 Å². The van der Waals surface area contributed by atoms with Crippen molar-refractivity contribution in [3.05, 3.63) is 58.1 Å². The number of ether oxygens (including phenoxy) is 1. The fourth-order valence-corrected chi connectivity index (χ4v) is 9.95. The second kappa shape index (κ2) is 16.8. The molecule has 2 aromatic rings. The van der Waals surface area contributed by atoms with Crippen LogP contribution in [-0.4, -0.2) is 94.0 Å². The van der Waals surface area contributed by atoms with Gasteiger partial charge in [0, 0.05) is 35.0 Å². The highest BCUT2D eigenvalue weighted by Crippen LogP contribution is 2.47. The van der Waals surface area contributed by atoms with Gasteiger partial charge in [-0.2, -0.15) is 0 Å². The van der Waals surface area contributed by atoms with Gasteiger partial charge in [0.15, 0.2) is 0 Å². The van der Waals surface area contributed by atoms with Gasteiger partial charge in [-0.25, -0.2) is 13.1 Å². The van der Waals surface area contributed by atoms with Gasteiger partial charge in [-0.1, -0.05) is 37.4 Å². The largest absolute Gasteiger partial charge is 0.490 e. The van der Waals surface area contributed by atoms with Gasteiger partial charge in [-0.05, 0) is 119 Å². The average Bonchev–Trinajstić information content (AvgIpc) is 3.22. The number of sulfonamides is 1. The summed E-state index contributed by atoms with van der Waals surface area (Å²) in [5.74, 6) is 0.748. The van der Waals surface area contributed by atoms with E-state index in [2.05, 4.69) is 21.8 Å². The molecule has 276 valence electrons. The number of benzene rings is 2. The van der Waals surface area contributed by atoms with Crippen LogP contribution in [0.25, 0.3) is 0 Å². The minimum absolute atomic E-state index is 0.0174. The van der Waals surface area contributed by atoms with Crippen molar-refractivity contribution in [2.75, 3.05) is 51.9 Å². The number of anilines is 1. The Morgan fingerprint density at radius 3 is 2.48 bits per heavy atom. The lowest BCUT2D eigenvalue weighted by Gasteiger charge is -2.46. The second-order valence-electron chi connectivity index (χ2n) is 14.9.